The lowest BCUT2D eigenvalue weighted by Gasteiger charge is -2.34. The highest BCUT2D eigenvalue weighted by Gasteiger charge is 2.22. The molecule has 8 heteroatoms. The summed E-state index contributed by atoms with van der Waals surface area (Å²) in [5.74, 6) is 1.38. The number of fused-ring (bicyclic) bond motifs is 1. The third-order valence-corrected chi connectivity index (χ3v) is 5.35. The lowest BCUT2D eigenvalue weighted by atomic mass is 10.0. The number of aromatic amines is 1. The Hall–Kier alpha value is -3.03. The van der Waals surface area contributed by atoms with Gasteiger partial charge >= 0.3 is 0 Å². The first-order valence-corrected chi connectivity index (χ1v) is 9.99. The Labute approximate surface area is 169 Å². The first kappa shape index (κ1) is 19.3. The zero-order valence-electron chi connectivity index (χ0n) is 17.4. The number of nitrogens with one attached hydrogen (secondary N) is 2. The molecule has 3 aromatic rings. The van der Waals surface area contributed by atoms with Crippen molar-refractivity contribution in [1.82, 2.24) is 19.7 Å². The van der Waals surface area contributed by atoms with Crippen molar-refractivity contribution in [2.24, 2.45) is 0 Å². The second kappa shape index (κ2) is 7.42. The first-order valence-electron chi connectivity index (χ1n) is 9.99. The molecule has 154 valence electrons. The number of H-pyrrole nitrogens is 1. The molecular formula is C21H28N6O2. The number of aromatic nitrogens is 4. The fourth-order valence-electron chi connectivity index (χ4n) is 3.75. The van der Waals surface area contributed by atoms with E-state index in [9.17, 15) is 4.79 Å². The van der Waals surface area contributed by atoms with Crippen LogP contribution in [-0.2, 0) is 5.54 Å². The van der Waals surface area contributed by atoms with Crippen LogP contribution in [-0.4, -0.2) is 46.0 Å². The molecule has 4 rings (SSSR count). The molecule has 29 heavy (non-hydrogen) atoms. The van der Waals surface area contributed by atoms with E-state index in [-0.39, 0.29) is 17.1 Å². The van der Waals surface area contributed by atoms with Crippen LogP contribution >= 0.6 is 0 Å². The minimum atomic E-state index is -0.247. The molecule has 0 atom stereocenters. The minimum absolute atomic E-state index is 0.163. The number of piperidine rings is 1. The zero-order chi connectivity index (χ0) is 20.6. The predicted octanol–water partition coefficient (Wildman–Crippen LogP) is 2.96. The Morgan fingerprint density at radius 2 is 1.86 bits per heavy atom. The van der Waals surface area contributed by atoms with E-state index in [4.69, 9.17) is 4.74 Å². The summed E-state index contributed by atoms with van der Waals surface area (Å²) in [5, 5.41) is 8.29. The third-order valence-electron chi connectivity index (χ3n) is 5.35. The number of benzene rings is 1. The molecule has 3 heterocycles. The maximum absolute atomic E-state index is 12.5. The van der Waals surface area contributed by atoms with E-state index >= 15 is 0 Å². The van der Waals surface area contributed by atoms with E-state index in [0.717, 1.165) is 31.7 Å². The molecule has 2 aromatic heterocycles. The Morgan fingerprint density at radius 3 is 2.48 bits per heavy atom. The average molecular weight is 396 g/mol. The summed E-state index contributed by atoms with van der Waals surface area (Å²) in [6.45, 7) is 8.02. The number of anilines is 2. The summed E-state index contributed by atoms with van der Waals surface area (Å²) in [6.07, 6.45) is 3.52. The van der Waals surface area contributed by atoms with Crippen LogP contribution in [0.5, 0.6) is 5.75 Å². The highest BCUT2D eigenvalue weighted by atomic mass is 16.5. The van der Waals surface area contributed by atoms with Crippen molar-refractivity contribution in [3.05, 3.63) is 40.8 Å². The van der Waals surface area contributed by atoms with E-state index < -0.39 is 0 Å². The van der Waals surface area contributed by atoms with Gasteiger partial charge in [-0.25, -0.2) is 4.68 Å². The Morgan fingerprint density at radius 1 is 1.17 bits per heavy atom. The van der Waals surface area contributed by atoms with Gasteiger partial charge in [-0.05, 0) is 57.9 Å². The standard InChI is InChI=1S/C21H28N6O2/c1-21(2,3)27-18-17(13-22-27)19(28)25-20(24-18)23-14-9-11-26(12-10-14)15-5-7-16(29-4)8-6-15/h5-8,13-14H,9-12H2,1-4H3,(H2,23,24,25,28). The molecule has 1 aromatic carbocycles. The summed E-state index contributed by atoms with van der Waals surface area (Å²) in [7, 11) is 1.68. The summed E-state index contributed by atoms with van der Waals surface area (Å²) in [5.41, 5.74) is 1.40. The van der Waals surface area contributed by atoms with Gasteiger partial charge in [0, 0.05) is 24.8 Å². The largest absolute Gasteiger partial charge is 0.497 e. The van der Waals surface area contributed by atoms with Crippen molar-refractivity contribution in [2.45, 2.75) is 45.2 Å². The van der Waals surface area contributed by atoms with Crippen molar-refractivity contribution in [3.8, 4) is 5.75 Å². The highest BCUT2D eigenvalue weighted by Crippen LogP contribution is 2.24. The van der Waals surface area contributed by atoms with Crippen LogP contribution in [0, 0.1) is 0 Å². The van der Waals surface area contributed by atoms with E-state index in [0.29, 0.717) is 17.0 Å². The summed E-state index contributed by atoms with van der Waals surface area (Å²) in [6, 6.07) is 8.42. The molecule has 0 saturated carbocycles. The number of nitrogens with zero attached hydrogens (tertiary/aromatic N) is 4. The smallest absolute Gasteiger partial charge is 0.263 e. The van der Waals surface area contributed by atoms with Gasteiger partial charge in [0.1, 0.15) is 11.1 Å². The topological polar surface area (TPSA) is 88.1 Å². The molecule has 0 radical (unpaired) electrons. The van der Waals surface area contributed by atoms with Crippen molar-refractivity contribution >= 4 is 22.7 Å². The van der Waals surface area contributed by atoms with Gasteiger partial charge in [-0.2, -0.15) is 10.1 Å². The van der Waals surface area contributed by atoms with Crippen molar-refractivity contribution in [3.63, 3.8) is 0 Å². The molecule has 8 nitrogen and oxygen atoms in total. The van der Waals surface area contributed by atoms with Crippen molar-refractivity contribution in [2.75, 3.05) is 30.4 Å². The SMILES string of the molecule is COc1ccc(N2CCC(Nc3nc4c(cnn4C(C)(C)C)c(=O)[nH]3)CC2)cc1. The molecule has 1 fully saturated rings. The summed E-state index contributed by atoms with van der Waals surface area (Å²) < 4.78 is 7.03. The molecule has 0 unspecified atom stereocenters. The van der Waals surface area contributed by atoms with Crippen LogP contribution in [0.15, 0.2) is 35.3 Å². The van der Waals surface area contributed by atoms with E-state index in [2.05, 4.69) is 37.4 Å². The maximum Gasteiger partial charge on any atom is 0.263 e. The molecule has 1 aliphatic rings. The quantitative estimate of drug-likeness (QED) is 0.705. The van der Waals surface area contributed by atoms with E-state index in [1.165, 1.54) is 5.69 Å². The molecule has 1 aliphatic heterocycles. The second-order valence-electron chi connectivity index (χ2n) is 8.48. The van der Waals surface area contributed by atoms with Gasteiger partial charge < -0.3 is 15.0 Å². The fraction of sp³-hybridized carbons (Fsp3) is 0.476. The Kier molecular flexibility index (Phi) is 4.94. The third kappa shape index (κ3) is 3.92. The lowest BCUT2D eigenvalue weighted by molar-refractivity contribution is 0.366. The number of rotatable bonds is 4. The molecule has 0 amide bonds. The molecule has 2 N–H and O–H groups in total. The molecular weight excluding hydrogens is 368 g/mol. The number of methoxy groups -OCH3 is 1. The summed E-state index contributed by atoms with van der Waals surface area (Å²) in [4.78, 5) is 22.3. The second-order valence-corrected chi connectivity index (χ2v) is 8.48. The Balaban J connectivity index is 1.46. The minimum Gasteiger partial charge on any atom is -0.497 e. The average Bonchev–Trinajstić information content (AvgIpc) is 3.14. The predicted molar refractivity (Wildman–Crippen MR) is 115 cm³/mol. The van der Waals surface area contributed by atoms with Gasteiger partial charge in [-0.15, -0.1) is 0 Å². The maximum atomic E-state index is 12.5. The van der Waals surface area contributed by atoms with Gasteiger partial charge in [-0.1, -0.05) is 0 Å². The van der Waals surface area contributed by atoms with Crippen LogP contribution in [0.4, 0.5) is 11.6 Å². The fourth-order valence-corrected chi connectivity index (χ4v) is 3.75. The lowest BCUT2D eigenvalue weighted by Crippen LogP contribution is -2.39. The van der Waals surface area contributed by atoms with Gasteiger partial charge in [0.05, 0.1) is 18.8 Å². The summed E-state index contributed by atoms with van der Waals surface area (Å²) >= 11 is 0. The van der Waals surface area contributed by atoms with Crippen LogP contribution in [0.3, 0.4) is 0 Å². The van der Waals surface area contributed by atoms with Crippen LogP contribution in [0.2, 0.25) is 0 Å². The normalized spacial score (nSPS) is 15.7. The van der Waals surface area contributed by atoms with Crippen molar-refractivity contribution < 1.29 is 4.74 Å². The van der Waals surface area contributed by atoms with Crippen LogP contribution in [0.1, 0.15) is 33.6 Å². The Bertz CT molecular complexity index is 1040. The zero-order valence-corrected chi connectivity index (χ0v) is 17.4. The van der Waals surface area contributed by atoms with Gasteiger partial charge in [0.25, 0.3) is 5.56 Å². The first-order chi connectivity index (χ1) is 13.8. The highest BCUT2D eigenvalue weighted by molar-refractivity contribution is 5.74. The van der Waals surface area contributed by atoms with Crippen LogP contribution < -0.4 is 20.5 Å². The molecule has 0 spiro atoms. The van der Waals surface area contributed by atoms with Crippen molar-refractivity contribution in [1.29, 1.82) is 0 Å². The van der Waals surface area contributed by atoms with E-state index in [1.807, 2.05) is 32.9 Å². The number of ether oxygens (including phenoxy) is 1. The van der Waals surface area contributed by atoms with Crippen LogP contribution in [0.25, 0.3) is 11.0 Å². The molecule has 0 aliphatic carbocycles. The monoisotopic (exact) mass is 396 g/mol. The molecule has 1 saturated heterocycles. The van der Waals surface area contributed by atoms with E-state index in [1.54, 1.807) is 18.0 Å². The number of hydrogen-bond donors (Lipinski definition) is 2. The van der Waals surface area contributed by atoms with Gasteiger partial charge in [0.2, 0.25) is 5.95 Å². The van der Waals surface area contributed by atoms with Gasteiger partial charge in [0.15, 0.2) is 5.65 Å². The van der Waals surface area contributed by atoms with Gasteiger partial charge in [-0.3, -0.25) is 9.78 Å². The number of hydrogen-bond acceptors (Lipinski definition) is 6. The molecule has 0 bridgehead atoms.